The van der Waals surface area contributed by atoms with Crippen molar-refractivity contribution in [3.05, 3.63) is 0 Å². The number of halogens is 1. The van der Waals surface area contributed by atoms with E-state index in [1.165, 1.54) is 81.7 Å². The molecule has 1 saturated carbocycles. The predicted octanol–water partition coefficient (Wildman–Crippen LogP) is 4.97. The summed E-state index contributed by atoms with van der Waals surface area (Å²) in [7, 11) is 4.90. The van der Waals surface area contributed by atoms with Gasteiger partial charge in [-0.3, -0.25) is 0 Å². The van der Waals surface area contributed by atoms with Gasteiger partial charge in [-0.25, -0.2) is 0 Å². The van der Waals surface area contributed by atoms with Crippen LogP contribution in [-0.4, -0.2) is 37.0 Å². The van der Waals surface area contributed by atoms with Gasteiger partial charge >= 0.3 is 0 Å². The Balaban J connectivity index is 2.05. The van der Waals surface area contributed by atoms with Crippen molar-refractivity contribution in [1.29, 1.82) is 0 Å². The van der Waals surface area contributed by atoms with Gasteiger partial charge in [-0.05, 0) is 44.9 Å². The summed E-state index contributed by atoms with van der Waals surface area (Å²) >= 11 is 5.68. The second-order valence-corrected chi connectivity index (χ2v) is 6.98. The summed E-state index contributed by atoms with van der Waals surface area (Å²) in [6.45, 7) is 1.38. The summed E-state index contributed by atoms with van der Waals surface area (Å²) < 4.78 is 1.27. The summed E-state index contributed by atoms with van der Waals surface area (Å²) in [6.07, 6.45) is 15.4. The zero-order chi connectivity index (χ0) is 13.3. The lowest BCUT2D eigenvalue weighted by molar-refractivity contribution is -0.916. The molecule has 1 rings (SSSR count). The van der Waals surface area contributed by atoms with Crippen LogP contribution in [0.5, 0.6) is 0 Å². The minimum absolute atomic E-state index is 0.839. The van der Waals surface area contributed by atoms with E-state index in [-0.39, 0.29) is 0 Å². The lowest BCUT2D eigenvalue weighted by Gasteiger charge is -2.40. The summed E-state index contributed by atoms with van der Waals surface area (Å²) in [6, 6.07) is 0.940. The summed E-state index contributed by atoms with van der Waals surface area (Å²) in [5.41, 5.74) is 0. The maximum absolute atomic E-state index is 5.68. The highest BCUT2D eigenvalue weighted by molar-refractivity contribution is 6.17. The van der Waals surface area contributed by atoms with Crippen molar-refractivity contribution < 1.29 is 4.48 Å². The Morgan fingerprint density at radius 2 is 1.39 bits per heavy atom. The zero-order valence-electron chi connectivity index (χ0n) is 12.6. The Morgan fingerprint density at radius 3 is 2.00 bits per heavy atom. The van der Waals surface area contributed by atoms with Gasteiger partial charge in [-0.1, -0.05) is 25.7 Å². The molecule has 0 saturated heterocycles. The van der Waals surface area contributed by atoms with E-state index in [0.29, 0.717) is 0 Å². The molecule has 0 radical (unpaired) electrons. The van der Waals surface area contributed by atoms with E-state index in [9.17, 15) is 0 Å². The number of hydrogen-bond donors (Lipinski definition) is 0. The van der Waals surface area contributed by atoms with Gasteiger partial charge in [0.15, 0.2) is 0 Å². The number of rotatable bonds is 9. The van der Waals surface area contributed by atoms with Gasteiger partial charge in [-0.2, -0.15) is 0 Å². The Bertz CT molecular complexity index is 197. The van der Waals surface area contributed by atoms with Gasteiger partial charge in [0.1, 0.15) is 0 Å². The molecule has 0 heterocycles. The van der Waals surface area contributed by atoms with Crippen LogP contribution in [0.15, 0.2) is 0 Å². The molecule has 0 aromatic carbocycles. The Hall–Kier alpha value is 0.250. The Morgan fingerprint density at radius 1 is 0.833 bits per heavy atom. The monoisotopic (exact) mass is 274 g/mol. The van der Waals surface area contributed by atoms with Crippen molar-refractivity contribution in [1.82, 2.24) is 0 Å². The average Bonchev–Trinajstić information content (AvgIpc) is 2.39. The minimum atomic E-state index is 0.839. The molecule has 0 aromatic rings. The van der Waals surface area contributed by atoms with Crippen LogP contribution < -0.4 is 0 Å². The van der Waals surface area contributed by atoms with Crippen LogP contribution in [0.2, 0.25) is 0 Å². The fourth-order valence-electron chi connectivity index (χ4n) is 3.28. The van der Waals surface area contributed by atoms with E-state index in [4.69, 9.17) is 11.6 Å². The number of alkyl halides is 1. The normalized spacial score (nSPS) is 18.2. The van der Waals surface area contributed by atoms with Gasteiger partial charge in [-0.15, -0.1) is 11.6 Å². The quantitative estimate of drug-likeness (QED) is 0.316. The van der Waals surface area contributed by atoms with E-state index in [1.54, 1.807) is 0 Å². The van der Waals surface area contributed by atoms with Crippen molar-refractivity contribution in [3.63, 3.8) is 0 Å². The Kier molecular flexibility index (Phi) is 8.33. The van der Waals surface area contributed by atoms with Crippen LogP contribution in [0, 0.1) is 0 Å². The standard InChI is InChI=1S/C16H33ClN/c1-18(2,16-12-8-7-9-13-16)15-11-6-4-3-5-10-14-17/h16H,3-15H2,1-2H3/q+1. The van der Waals surface area contributed by atoms with Crippen molar-refractivity contribution in [2.75, 3.05) is 26.5 Å². The first-order valence-corrected chi connectivity index (χ1v) is 8.59. The van der Waals surface area contributed by atoms with Crippen LogP contribution in [0.3, 0.4) is 0 Å². The molecule has 0 aliphatic heterocycles. The molecular formula is C16H33ClN+. The molecule has 1 fully saturated rings. The lowest BCUT2D eigenvalue weighted by atomic mass is 9.93. The van der Waals surface area contributed by atoms with E-state index < -0.39 is 0 Å². The highest BCUT2D eigenvalue weighted by atomic mass is 35.5. The fourth-order valence-corrected chi connectivity index (χ4v) is 3.47. The summed E-state index contributed by atoms with van der Waals surface area (Å²) in [5, 5.41) is 0. The van der Waals surface area contributed by atoms with Crippen LogP contribution in [0.25, 0.3) is 0 Å². The number of quaternary nitrogens is 1. The molecule has 0 N–H and O–H groups in total. The van der Waals surface area contributed by atoms with E-state index in [1.807, 2.05) is 0 Å². The molecule has 1 nitrogen and oxygen atoms in total. The second-order valence-electron chi connectivity index (χ2n) is 6.60. The molecule has 0 bridgehead atoms. The van der Waals surface area contributed by atoms with Crippen molar-refractivity contribution in [2.24, 2.45) is 0 Å². The van der Waals surface area contributed by atoms with Gasteiger partial charge in [0.05, 0.1) is 26.7 Å². The Labute approximate surface area is 119 Å². The lowest BCUT2D eigenvalue weighted by Crippen LogP contribution is -2.50. The molecule has 0 amide bonds. The molecule has 18 heavy (non-hydrogen) atoms. The summed E-state index contributed by atoms with van der Waals surface area (Å²) in [4.78, 5) is 0. The van der Waals surface area contributed by atoms with E-state index in [0.717, 1.165) is 11.9 Å². The first-order chi connectivity index (χ1) is 8.67. The number of nitrogens with zero attached hydrogens (tertiary/aromatic N) is 1. The van der Waals surface area contributed by atoms with Gasteiger partial charge in [0, 0.05) is 5.88 Å². The van der Waals surface area contributed by atoms with Crippen molar-refractivity contribution in [3.8, 4) is 0 Å². The zero-order valence-corrected chi connectivity index (χ0v) is 13.4. The first kappa shape index (κ1) is 16.3. The molecule has 0 spiro atoms. The first-order valence-electron chi connectivity index (χ1n) is 8.05. The van der Waals surface area contributed by atoms with Crippen LogP contribution >= 0.6 is 11.6 Å². The molecule has 0 atom stereocenters. The van der Waals surface area contributed by atoms with E-state index in [2.05, 4.69) is 14.1 Å². The molecule has 2 heteroatoms. The number of unbranched alkanes of at least 4 members (excludes halogenated alkanes) is 5. The molecule has 0 unspecified atom stereocenters. The van der Waals surface area contributed by atoms with Crippen molar-refractivity contribution >= 4 is 11.6 Å². The largest absolute Gasteiger partial charge is 0.326 e. The van der Waals surface area contributed by atoms with Gasteiger partial charge < -0.3 is 4.48 Å². The third-order valence-corrected chi connectivity index (χ3v) is 4.95. The average molecular weight is 275 g/mol. The van der Waals surface area contributed by atoms with Crippen LogP contribution in [-0.2, 0) is 0 Å². The van der Waals surface area contributed by atoms with Crippen molar-refractivity contribution in [2.45, 2.75) is 76.7 Å². The maximum Gasteiger partial charge on any atom is 0.0886 e. The van der Waals surface area contributed by atoms with Crippen LogP contribution in [0.4, 0.5) is 0 Å². The fraction of sp³-hybridized carbons (Fsp3) is 1.00. The van der Waals surface area contributed by atoms with Gasteiger partial charge in [0.2, 0.25) is 0 Å². The molecule has 1 aliphatic carbocycles. The second kappa shape index (κ2) is 9.20. The smallest absolute Gasteiger partial charge is 0.0886 e. The highest BCUT2D eigenvalue weighted by Crippen LogP contribution is 2.26. The maximum atomic E-state index is 5.68. The molecule has 108 valence electrons. The predicted molar refractivity (Wildman–Crippen MR) is 82.3 cm³/mol. The third kappa shape index (κ3) is 6.43. The van der Waals surface area contributed by atoms with E-state index >= 15 is 0 Å². The molecule has 0 aromatic heterocycles. The SMILES string of the molecule is C[N+](C)(CCCCCCCCCl)C1CCCCC1. The molecule has 1 aliphatic rings. The topological polar surface area (TPSA) is 0 Å². The summed E-state index contributed by atoms with van der Waals surface area (Å²) in [5.74, 6) is 0.839. The molecular weight excluding hydrogens is 242 g/mol. The van der Waals surface area contributed by atoms with Gasteiger partial charge in [0.25, 0.3) is 0 Å². The highest BCUT2D eigenvalue weighted by Gasteiger charge is 2.28. The minimum Gasteiger partial charge on any atom is -0.326 e. The van der Waals surface area contributed by atoms with Crippen LogP contribution in [0.1, 0.15) is 70.6 Å². The number of hydrogen-bond acceptors (Lipinski definition) is 0. The third-order valence-electron chi connectivity index (χ3n) is 4.68.